The quantitative estimate of drug-likeness (QED) is 0.667. The molecule has 1 amide bonds. The van der Waals surface area contributed by atoms with Crippen LogP contribution in [0.2, 0.25) is 5.02 Å². The van der Waals surface area contributed by atoms with Gasteiger partial charge in [0.05, 0.1) is 10.7 Å². The third kappa shape index (κ3) is 1.19. The number of nitrogens with zero attached hydrogens (tertiary/aromatic N) is 1. The summed E-state index contributed by atoms with van der Waals surface area (Å²) in [5, 5.41) is 0.0479. The molecule has 72 valence electrons. The van der Waals surface area contributed by atoms with Gasteiger partial charge in [0, 0.05) is 23.8 Å². The van der Waals surface area contributed by atoms with Gasteiger partial charge >= 0.3 is 0 Å². The number of rotatable bonds is 0. The van der Waals surface area contributed by atoms with Crippen molar-refractivity contribution >= 4 is 29.4 Å². The van der Waals surface area contributed by atoms with E-state index in [1.165, 1.54) is 12.3 Å². The summed E-state index contributed by atoms with van der Waals surface area (Å²) in [4.78, 5) is 14.8. The molecule has 0 aliphatic carbocycles. The van der Waals surface area contributed by atoms with Gasteiger partial charge in [-0.05, 0) is 6.07 Å². The van der Waals surface area contributed by atoms with E-state index in [2.05, 4.69) is 4.99 Å². The summed E-state index contributed by atoms with van der Waals surface area (Å²) in [5.74, 6) is -1.10. The zero-order valence-electron chi connectivity index (χ0n) is 7.05. The van der Waals surface area contributed by atoms with Gasteiger partial charge in [-0.15, -0.1) is 0 Å². The van der Waals surface area contributed by atoms with Gasteiger partial charge in [-0.2, -0.15) is 0 Å². The molecule has 5 heteroatoms. The van der Waals surface area contributed by atoms with Gasteiger partial charge in [0.2, 0.25) is 0 Å². The number of carbonyl (C=O) groups excluding carboxylic acids is 1. The molecule has 2 rings (SSSR count). The Balaban J connectivity index is 2.73. The average Bonchev–Trinajstić information content (AvgIpc) is 2.17. The van der Waals surface area contributed by atoms with Crippen molar-refractivity contribution in [3.05, 3.63) is 28.0 Å². The predicted octanol–water partition coefficient (Wildman–Crippen LogP) is 1.83. The van der Waals surface area contributed by atoms with Crippen molar-refractivity contribution in [1.82, 2.24) is 0 Å². The maximum Gasteiger partial charge on any atom is 0.277 e. The van der Waals surface area contributed by atoms with Crippen molar-refractivity contribution in [3.8, 4) is 0 Å². The second-order valence-corrected chi connectivity index (χ2v) is 3.34. The Labute approximate surface area is 84.4 Å². The highest BCUT2D eigenvalue weighted by Crippen LogP contribution is 2.29. The van der Waals surface area contributed by atoms with Crippen molar-refractivity contribution in [3.63, 3.8) is 0 Å². The average molecular weight is 213 g/mol. The zero-order valence-corrected chi connectivity index (χ0v) is 7.81. The van der Waals surface area contributed by atoms with Gasteiger partial charge in [0.1, 0.15) is 0 Å². The number of benzene rings is 1. The number of anilines is 1. The van der Waals surface area contributed by atoms with E-state index in [4.69, 9.17) is 17.3 Å². The van der Waals surface area contributed by atoms with Gasteiger partial charge in [0.15, 0.2) is 5.82 Å². The SMILES string of the molecule is Nc1c(Cl)cc2c(c1F)CC=NC2=O. The van der Waals surface area contributed by atoms with Crippen LogP contribution in [0.1, 0.15) is 15.9 Å². The van der Waals surface area contributed by atoms with Crippen LogP contribution in [-0.2, 0) is 6.42 Å². The predicted molar refractivity (Wildman–Crippen MR) is 52.3 cm³/mol. The van der Waals surface area contributed by atoms with Crippen molar-refractivity contribution in [2.24, 2.45) is 4.99 Å². The van der Waals surface area contributed by atoms with Crippen LogP contribution in [0.25, 0.3) is 0 Å². The highest BCUT2D eigenvalue weighted by Gasteiger charge is 2.21. The molecule has 0 fully saturated rings. The highest BCUT2D eigenvalue weighted by atomic mass is 35.5. The van der Waals surface area contributed by atoms with Crippen LogP contribution in [0, 0.1) is 5.82 Å². The molecular formula is C9H6ClFN2O. The number of amides is 1. The van der Waals surface area contributed by atoms with Crippen LogP contribution in [0.5, 0.6) is 0 Å². The third-order valence-corrected chi connectivity index (χ3v) is 2.40. The molecule has 0 spiro atoms. The van der Waals surface area contributed by atoms with Gasteiger partial charge < -0.3 is 5.73 Å². The number of hydrogen-bond acceptors (Lipinski definition) is 2. The number of nitrogen functional groups attached to an aromatic ring is 1. The summed E-state index contributed by atoms with van der Waals surface area (Å²) in [6.07, 6.45) is 1.63. The minimum absolute atomic E-state index is 0.0479. The van der Waals surface area contributed by atoms with E-state index in [9.17, 15) is 9.18 Å². The van der Waals surface area contributed by atoms with E-state index in [1.54, 1.807) is 0 Å². The van der Waals surface area contributed by atoms with Crippen LogP contribution in [-0.4, -0.2) is 12.1 Å². The van der Waals surface area contributed by atoms with Gasteiger partial charge in [-0.3, -0.25) is 4.79 Å². The van der Waals surface area contributed by atoms with Crippen LogP contribution in [0.15, 0.2) is 11.1 Å². The Morgan fingerprint density at radius 2 is 2.29 bits per heavy atom. The van der Waals surface area contributed by atoms with E-state index in [1.807, 2.05) is 0 Å². The van der Waals surface area contributed by atoms with E-state index < -0.39 is 11.7 Å². The van der Waals surface area contributed by atoms with Gasteiger partial charge in [-0.1, -0.05) is 11.6 Å². The molecule has 0 bridgehead atoms. The van der Waals surface area contributed by atoms with Crippen LogP contribution in [0.4, 0.5) is 10.1 Å². The maximum atomic E-state index is 13.5. The molecular weight excluding hydrogens is 207 g/mol. The molecule has 2 N–H and O–H groups in total. The van der Waals surface area contributed by atoms with Crippen LogP contribution in [0.3, 0.4) is 0 Å². The first-order valence-electron chi connectivity index (χ1n) is 3.94. The van der Waals surface area contributed by atoms with E-state index in [0.29, 0.717) is 0 Å². The third-order valence-electron chi connectivity index (χ3n) is 2.09. The fourth-order valence-electron chi connectivity index (χ4n) is 1.36. The summed E-state index contributed by atoms with van der Waals surface area (Å²) in [7, 11) is 0. The number of aliphatic imine (C=N–C) groups is 1. The van der Waals surface area contributed by atoms with Crippen LogP contribution < -0.4 is 5.73 Å². The lowest BCUT2D eigenvalue weighted by atomic mass is 10.0. The Kier molecular flexibility index (Phi) is 2.00. The molecule has 1 aliphatic heterocycles. The summed E-state index contributed by atoms with van der Waals surface area (Å²) < 4.78 is 13.5. The molecule has 1 aromatic carbocycles. The first-order chi connectivity index (χ1) is 6.61. The monoisotopic (exact) mass is 212 g/mol. The molecule has 0 aromatic heterocycles. The minimum atomic E-state index is -0.619. The Bertz CT molecular complexity index is 457. The Hall–Kier alpha value is -1.42. The largest absolute Gasteiger partial charge is 0.395 e. The lowest BCUT2D eigenvalue weighted by Crippen LogP contribution is -2.12. The van der Waals surface area contributed by atoms with E-state index in [0.717, 1.165) is 0 Å². The Morgan fingerprint density at radius 1 is 1.57 bits per heavy atom. The molecule has 0 radical (unpaired) electrons. The lowest BCUT2D eigenvalue weighted by Gasteiger charge is -2.12. The van der Waals surface area contributed by atoms with Crippen molar-refractivity contribution in [1.29, 1.82) is 0 Å². The van der Waals surface area contributed by atoms with Crippen LogP contribution >= 0.6 is 11.6 Å². The highest BCUT2D eigenvalue weighted by molar-refractivity contribution is 6.33. The fraction of sp³-hybridized carbons (Fsp3) is 0.111. The normalized spacial score (nSPS) is 14.3. The van der Waals surface area contributed by atoms with Gasteiger partial charge in [-0.25, -0.2) is 9.38 Å². The summed E-state index contributed by atoms with van der Waals surface area (Å²) in [5.41, 5.74) is 5.74. The van der Waals surface area contributed by atoms with Crippen molar-refractivity contribution < 1.29 is 9.18 Å². The second-order valence-electron chi connectivity index (χ2n) is 2.93. The van der Waals surface area contributed by atoms with Gasteiger partial charge in [0.25, 0.3) is 5.91 Å². The molecule has 0 atom stereocenters. The Morgan fingerprint density at radius 3 is 3.00 bits per heavy atom. The smallest absolute Gasteiger partial charge is 0.277 e. The maximum absolute atomic E-state index is 13.5. The van der Waals surface area contributed by atoms with E-state index >= 15 is 0 Å². The standard InChI is InChI=1S/C9H6ClFN2O/c10-6-3-5-4(7(11)8(6)12)1-2-13-9(5)14/h2-3H,1,12H2. The molecule has 0 saturated carbocycles. The number of carbonyl (C=O) groups is 1. The van der Waals surface area contributed by atoms with Crippen molar-refractivity contribution in [2.75, 3.05) is 5.73 Å². The number of fused-ring (bicyclic) bond motifs is 1. The lowest BCUT2D eigenvalue weighted by molar-refractivity contribution is 0.100. The summed E-state index contributed by atoms with van der Waals surface area (Å²) >= 11 is 5.65. The van der Waals surface area contributed by atoms with Crippen molar-refractivity contribution in [2.45, 2.75) is 6.42 Å². The molecule has 3 nitrogen and oxygen atoms in total. The fourth-order valence-corrected chi connectivity index (χ4v) is 1.55. The number of halogens is 2. The molecule has 14 heavy (non-hydrogen) atoms. The first kappa shape index (κ1) is 9.15. The number of nitrogens with two attached hydrogens (primary N) is 1. The van der Waals surface area contributed by atoms with E-state index in [-0.39, 0.29) is 28.3 Å². The summed E-state index contributed by atoms with van der Waals surface area (Å²) in [6, 6.07) is 1.36. The molecule has 0 unspecified atom stereocenters. The topological polar surface area (TPSA) is 55.4 Å². The minimum Gasteiger partial charge on any atom is -0.395 e. The summed E-state index contributed by atoms with van der Waals surface area (Å²) in [6.45, 7) is 0. The number of hydrogen-bond donors (Lipinski definition) is 1. The molecule has 1 heterocycles. The molecule has 1 aliphatic rings. The zero-order chi connectivity index (χ0) is 10.3. The second kappa shape index (κ2) is 3.06. The first-order valence-corrected chi connectivity index (χ1v) is 4.32. The molecule has 0 saturated heterocycles. The molecule has 1 aromatic rings.